The molecule has 1 rings (SSSR count). The van der Waals surface area contributed by atoms with Crippen molar-refractivity contribution in [1.82, 2.24) is 0 Å². The van der Waals surface area contributed by atoms with Crippen LogP contribution in [0.3, 0.4) is 0 Å². The summed E-state index contributed by atoms with van der Waals surface area (Å²) in [7, 11) is 0. The van der Waals surface area contributed by atoms with Crippen LogP contribution in [-0.2, 0) is 4.79 Å². The van der Waals surface area contributed by atoms with Gasteiger partial charge in [0.2, 0.25) is 0 Å². The summed E-state index contributed by atoms with van der Waals surface area (Å²) in [5.41, 5.74) is 0.276. The van der Waals surface area contributed by atoms with E-state index in [0.29, 0.717) is 6.42 Å². The molecule has 0 heterocycles. The van der Waals surface area contributed by atoms with E-state index in [1.165, 1.54) is 0 Å². The van der Waals surface area contributed by atoms with E-state index in [1.807, 2.05) is 44.2 Å². The van der Waals surface area contributed by atoms with Crippen LogP contribution in [0.15, 0.2) is 30.3 Å². The van der Waals surface area contributed by atoms with E-state index in [9.17, 15) is 9.90 Å². The minimum Gasteiger partial charge on any atom is -0.550 e. The van der Waals surface area contributed by atoms with Gasteiger partial charge in [-0.3, -0.25) is 0 Å². The summed E-state index contributed by atoms with van der Waals surface area (Å²) >= 11 is 0. The number of benzene rings is 1. The second-order valence-corrected chi connectivity index (χ2v) is 4.59. The molecule has 0 saturated heterocycles. The first-order chi connectivity index (χ1) is 7.52. The van der Waals surface area contributed by atoms with Gasteiger partial charge in [0.1, 0.15) is 0 Å². The molecule has 0 aliphatic heterocycles. The highest BCUT2D eigenvalue weighted by Crippen LogP contribution is 2.38. The smallest absolute Gasteiger partial charge is 0.0479 e. The van der Waals surface area contributed by atoms with Crippen molar-refractivity contribution in [3.63, 3.8) is 0 Å². The molecule has 2 heteroatoms. The van der Waals surface area contributed by atoms with Gasteiger partial charge in [0.25, 0.3) is 0 Å². The Morgan fingerprint density at radius 1 is 1.38 bits per heavy atom. The van der Waals surface area contributed by atoms with Crippen LogP contribution in [0.25, 0.3) is 0 Å². The predicted molar refractivity (Wildman–Crippen MR) is 62.9 cm³/mol. The van der Waals surface area contributed by atoms with E-state index in [-0.39, 0.29) is 5.92 Å². The van der Waals surface area contributed by atoms with Crippen LogP contribution >= 0.6 is 0 Å². The fourth-order valence-electron chi connectivity index (χ4n) is 2.12. The highest BCUT2D eigenvalue weighted by molar-refractivity contribution is 5.73. The van der Waals surface area contributed by atoms with Crippen LogP contribution in [-0.4, -0.2) is 5.97 Å². The fraction of sp³-hybridized carbons (Fsp3) is 0.500. The second kappa shape index (κ2) is 5.15. The van der Waals surface area contributed by atoms with E-state index in [2.05, 4.69) is 0 Å². The Kier molecular flexibility index (Phi) is 4.11. The fourth-order valence-corrected chi connectivity index (χ4v) is 2.12. The third-order valence-electron chi connectivity index (χ3n) is 3.49. The summed E-state index contributed by atoms with van der Waals surface area (Å²) in [6.45, 7) is 5.74. The largest absolute Gasteiger partial charge is 0.550 e. The van der Waals surface area contributed by atoms with Crippen LogP contribution < -0.4 is 5.11 Å². The minimum absolute atomic E-state index is 0.0290. The first-order valence-electron chi connectivity index (χ1n) is 5.78. The molecule has 2 atom stereocenters. The maximum absolute atomic E-state index is 11.3. The van der Waals surface area contributed by atoms with Crippen LogP contribution in [0.2, 0.25) is 0 Å². The monoisotopic (exact) mass is 219 g/mol. The first kappa shape index (κ1) is 12.8. The van der Waals surface area contributed by atoms with Gasteiger partial charge in [-0.15, -0.1) is 0 Å². The summed E-state index contributed by atoms with van der Waals surface area (Å²) in [6, 6.07) is 9.76. The summed E-state index contributed by atoms with van der Waals surface area (Å²) in [6.07, 6.45) is 1.49. The third-order valence-corrected chi connectivity index (χ3v) is 3.49. The zero-order valence-corrected chi connectivity index (χ0v) is 10.2. The Hall–Kier alpha value is -1.31. The van der Waals surface area contributed by atoms with Crippen molar-refractivity contribution in [2.24, 2.45) is 5.41 Å². The van der Waals surface area contributed by atoms with Gasteiger partial charge in [-0.2, -0.15) is 0 Å². The van der Waals surface area contributed by atoms with Gasteiger partial charge in [-0.05, 0) is 17.9 Å². The van der Waals surface area contributed by atoms with E-state index < -0.39 is 11.4 Å². The third kappa shape index (κ3) is 2.43. The average Bonchev–Trinajstić information content (AvgIpc) is 2.29. The number of carboxylic acids is 1. The highest BCUT2D eigenvalue weighted by atomic mass is 16.4. The normalized spacial score (nSPS) is 16.4. The molecule has 2 nitrogen and oxygen atoms in total. The molecule has 0 fully saturated rings. The quantitative estimate of drug-likeness (QED) is 0.762. The maximum atomic E-state index is 11.3. The molecule has 1 aromatic carbocycles. The van der Waals surface area contributed by atoms with Crippen molar-refractivity contribution >= 4 is 5.97 Å². The lowest BCUT2D eigenvalue weighted by Crippen LogP contribution is -2.43. The lowest BCUT2D eigenvalue weighted by atomic mass is 9.71. The molecule has 0 aliphatic carbocycles. The van der Waals surface area contributed by atoms with E-state index in [0.717, 1.165) is 12.0 Å². The van der Waals surface area contributed by atoms with E-state index in [4.69, 9.17) is 0 Å². The molecule has 0 aliphatic rings. The number of aliphatic carboxylic acids is 1. The molecule has 0 amide bonds. The molecule has 0 bridgehead atoms. The number of carbonyl (C=O) groups is 1. The zero-order chi connectivity index (χ0) is 12.2. The molecule has 0 spiro atoms. The first-order valence-corrected chi connectivity index (χ1v) is 5.78. The molecule has 2 unspecified atom stereocenters. The number of hydrogen-bond donors (Lipinski definition) is 0. The van der Waals surface area contributed by atoms with Crippen molar-refractivity contribution in [3.8, 4) is 0 Å². The lowest BCUT2D eigenvalue weighted by molar-refractivity contribution is -0.320. The van der Waals surface area contributed by atoms with Gasteiger partial charge in [0, 0.05) is 11.4 Å². The zero-order valence-electron chi connectivity index (χ0n) is 10.2. The summed E-state index contributed by atoms with van der Waals surface area (Å²) in [4.78, 5) is 11.3. The van der Waals surface area contributed by atoms with Crippen molar-refractivity contribution in [2.45, 2.75) is 39.5 Å². The van der Waals surface area contributed by atoms with Crippen molar-refractivity contribution in [2.75, 3.05) is 0 Å². The van der Waals surface area contributed by atoms with Crippen LogP contribution in [0, 0.1) is 5.41 Å². The Labute approximate surface area is 97.3 Å². The van der Waals surface area contributed by atoms with Gasteiger partial charge in [-0.1, -0.05) is 57.5 Å². The van der Waals surface area contributed by atoms with Crippen LogP contribution in [0.4, 0.5) is 0 Å². The van der Waals surface area contributed by atoms with Crippen LogP contribution in [0.1, 0.15) is 45.1 Å². The average molecular weight is 219 g/mol. The lowest BCUT2D eigenvalue weighted by Gasteiger charge is -2.37. The number of hydrogen-bond acceptors (Lipinski definition) is 2. The Morgan fingerprint density at radius 3 is 2.38 bits per heavy atom. The SMILES string of the molecule is CCCC(C)(C(=O)[O-])C(C)c1ccccc1. The highest BCUT2D eigenvalue weighted by Gasteiger charge is 2.32. The second-order valence-electron chi connectivity index (χ2n) is 4.59. The molecule has 0 saturated carbocycles. The topological polar surface area (TPSA) is 40.1 Å². The molecule has 1 aromatic rings. The number of carbonyl (C=O) groups excluding carboxylic acids is 1. The molecule has 0 radical (unpaired) electrons. The van der Waals surface area contributed by atoms with Crippen molar-refractivity contribution < 1.29 is 9.90 Å². The Bertz CT molecular complexity index is 345. The molecular formula is C14H19O2-. The Balaban J connectivity index is 3.00. The van der Waals surface area contributed by atoms with Gasteiger partial charge < -0.3 is 9.90 Å². The summed E-state index contributed by atoms with van der Waals surface area (Å²) < 4.78 is 0. The van der Waals surface area contributed by atoms with Gasteiger partial charge in [0.05, 0.1) is 0 Å². The predicted octanol–water partition coefficient (Wildman–Crippen LogP) is 2.35. The van der Waals surface area contributed by atoms with E-state index in [1.54, 1.807) is 6.92 Å². The minimum atomic E-state index is -0.953. The van der Waals surface area contributed by atoms with Gasteiger partial charge >= 0.3 is 0 Å². The summed E-state index contributed by atoms with van der Waals surface area (Å²) in [5, 5.41) is 11.3. The van der Waals surface area contributed by atoms with Crippen molar-refractivity contribution in [3.05, 3.63) is 35.9 Å². The molecule has 0 N–H and O–H groups in total. The molecule has 88 valence electrons. The molecule has 16 heavy (non-hydrogen) atoms. The maximum Gasteiger partial charge on any atom is 0.0479 e. The van der Waals surface area contributed by atoms with Crippen molar-refractivity contribution in [1.29, 1.82) is 0 Å². The Morgan fingerprint density at radius 2 is 1.94 bits per heavy atom. The summed E-state index contributed by atoms with van der Waals surface area (Å²) in [5.74, 6) is -0.982. The van der Waals surface area contributed by atoms with E-state index >= 15 is 0 Å². The number of rotatable bonds is 5. The number of carboxylic acid groups (broad SMARTS) is 1. The van der Waals surface area contributed by atoms with Gasteiger partial charge in [0.15, 0.2) is 0 Å². The molecular weight excluding hydrogens is 200 g/mol. The van der Waals surface area contributed by atoms with Gasteiger partial charge in [-0.25, -0.2) is 0 Å². The standard InChI is InChI=1S/C14H20O2/c1-4-10-14(3,13(15)16)11(2)12-8-6-5-7-9-12/h5-9,11H,4,10H2,1-3H3,(H,15,16)/p-1. The molecule has 0 aromatic heterocycles. The van der Waals surface area contributed by atoms with Crippen LogP contribution in [0.5, 0.6) is 0 Å².